The van der Waals surface area contributed by atoms with Crippen molar-refractivity contribution in [2.24, 2.45) is 0 Å². The molecule has 3 aromatic carbocycles. The summed E-state index contributed by atoms with van der Waals surface area (Å²) in [4.78, 5) is 27.8. The number of aryl methyl sites for hydroxylation is 1. The van der Waals surface area contributed by atoms with Gasteiger partial charge in [0.15, 0.2) is 0 Å². The largest absolute Gasteiger partial charge is 0.507 e. The molecule has 1 atom stereocenters. The van der Waals surface area contributed by atoms with Crippen molar-refractivity contribution in [3.63, 3.8) is 0 Å². The molecular formula is C28H25ClFNO5. The fraction of sp³-hybridized carbons (Fsp3) is 0.214. The van der Waals surface area contributed by atoms with Crippen LogP contribution in [0.5, 0.6) is 11.5 Å². The van der Waals surface area contributed by atoms with E-state index in [1.54, 1.807) is 30.3 Å². The van der Waals surface area contributed by atoms with Gasteiger partial charge in [0, 0.05) is 11.3 Å². The number of amides is 1. The first-order chi connectivity index (χ1) is 17.3. The number of rotatable bonds is 7. The van der Waals surface area contributed by atoms with E-state index in [-0.39, 0.29) is 16.4 Å². The minimum atomic E-state index is -1.01. The van der Waals surface area contributed by atoms with Gasteiger partial charge in [-0.3, -0.25) is 14.5 Å². The molecule has 186 valence electrons. The van der Waals surface area contributed by atoms with Crippen molar-refractivity contribution in [3.05, 3.63) is 93.8 Å². The highest BCUT2D eigenvalue weighted by Gasteiger charge is 2.47. The van der Waals surface area contributed by atoms with Crippen LogP contribution in [0.25, 0.3) is 5.76 Å². The second kappa shape index (κ2) is 10.4. The maximum Gasteiger partial charge on any atom is 0.300 e. The maximum absolute atomic E-state index is 13.7. The molecule has 1 unspecified atom stereocenters. The number of aliphatic hydroxyl groups is 1. The normalized spacial score (nSPS) is 16.9. The fourth-order valence-corrected chi connectivity index (χ4v) is 4.44. The van der Waals surface area contributed by atoms with Crippen LogP contribution in [0.15, 0.2) is 66.2 Å². The van der Waals surface area contributed by atoms with Gasteiger partial charge in [0.2, 0.25) is 0 Å². The lowest BCUT2D eigenvalue weighted by atomic mass is 9.94. The van der Waals surface area contributed by atoms with Crippen LogP contribution in [0.4, 0.5) is 10.1 Å². The number of hydrogen-bond donors (Lipinski definition) is 1. The van der Waals surface area contributed by atoms with Crippen molar-refractivity contribution in [3.8, 4) is 11.5 Å². The van der Waals surface area contributed by atoms with Gasteiger partial charge in [-0.25, -0.2) is 4.39 Å². The molecule has 1 heterocycles. The number of benzene rings is 3. The summed E-state index contributed by atoms with van der Waals surface area (Å²) in [6.07, 6.45) is 0.845. The van der Waals surface area contributed by atoms with Crippen LogP contribution >= 0.6 is 11.6 Å². The fourth-order valence-electron chi connectivity index (χ4n) is 4.19. The van der Waals surface area contributed by atoms with Crippen LogP contribution in [0.2, 0.25) is 5.02 Å². The molecule has 0 bridgehead atoms. The van der Waals surface area contributed by atoms with Crippen LogP contribution in [-0.4, -0.2) is 30.5 Å². The summed E-state index contributed by atoms with van der Waals surface area (Å²) in [7, 11) is 1.46. The number of carbonyl (C=O) groups is 2. The molecule has 1 aliphatic heterocycles. The van der Waals surface area contributed by atoms with Gasteiger partial charge in [-0.15, -0.1) is 0 Å². The van der Waals surface area contributed by atoms with Crippen LogP contribution < -0.4 is 14.4 Å². The van der Waals surface area contributed by atoms with Crippen LogP contribution in [0.3, 0.4) is 0 Å². The molecule has 1 saturated heterocycles. The van der Waals surface area contributed by atoms with Gasteiger partial charge in [0.25, 0.3) is 11.7 Å². The molecule has 0 aromatic heterocycles. The number of carbonyl (C=O) groups excluding carboxylic acids is 2. The summed E-state index contributed by atoms with van der Waals surface area (Å²) in [5, 5.41) is 11.6. The molecule has 36 heavy (non-hydrogen) atoms. The number of hydrogen-bond acceptors (Lipinski definition) is 5. The van der Waals surface area contributed by atoms with Crippen LogP contribution in [-0.2, 0) is 9.59 Å². The van der Waals surface area contributed by atoms with Crippen molar-refractivity contribution in [2.45, 2.75) is 26.3 Å². The summed E-state index contributed by atoms with van der Waals surface area (Å²) < 4.78 is 24.6. The Morgan fingerprint density at radius 2 is 1.75 bits per heavy atom. The smallest absolute Gasteiger partial charge is 0.300 e. The zero-order valence-corrected chi connectivity index (χ0v) is 20.8. The lowest BCUT2D eigenvalue weighted by Gasteiger charge is -2.26. The van der Waals surface area contributed by atoms with Crippen molar-refractivity contribution in [1.82, 2.24) is 0 Å². The van der Waals surface area contributed by atoms with E-state index in [1.807, 2.05) is 13.8 Å². The molecule has 1 fully saturated rings. The first-order valence-corrected chi connectivity index (χ1v) is 11.8. The Morgan fingerprint density at radius 1 is 1.06 bits per heavy atom. The number of ketones is 1. The molecule has 6 nitrogen and oxygen atoms in total. The van der Waals surface area contributed by atoms with E-state index in [0.29, 0.717) is 34.9 Å². The van der Waals surface area contributed by atoms with E-state index < -0.39 is 23.5 Å². The molecule has 1 aliphatic rings. The first-order valence-electron chi connectivity index (χ1n) is 11.4. The average molecular weight is 510 g/mol. The van der Waals surface area contributed by atoms with Gasteiger partial charge < -0.3 is 14.6 Å². The minimum absolute atomic E-state index is 0.111. The number of anilines is 1. The highest BCUT2D eigenvalue weighted by atomic mass is 35.5. The van der Waals surface area contributed by atoms with Crippen molar-refractivity contribution in [1.29, 1.82) is 0 Å². The quantitative estimate of drug-likeness (QED) is 0.233. The van der Waals surface area contributed by atoms with Crippen molar-refractivity contribution in [2.75, 3.05) is 18.6 Å². The summed E-state index contributed by atoms with van der Waals surface area (Å²) >= 11 is 6.30. The molecule has 1 amide bonds. The van der Waals surface area contributed by atoms with E-state index in [4.69, 9.17) is 21.1 Å². The SMILES string of the molecule is CCCOc1ccc(/C(O)=C2\C(=O)C(=O)N(c3ccc(OC)c(Cl)c3)C2c2ccc(F)cc2)cc1C. The second-order valence-corrected chi connectivity index (χ2v) is 8.78. The van der Waals surface area contributed by atoms with E-state index in [1.165, 1.54) is 42.3 Å². The second-order valence-electron chi connectivity index (χ2n) is 8.37. The van der Waals surface area contributed by atoms with Crippen LogP contribution in [0, 0.1) is 12.7 Å². The summed E-state index contributed by atoms with van der Waals surface area (Å²) in [6, 6.07) is 14.1. The Morgan fingerprint density at radius 3 is 2.36 bits per heavy atom. The lowest BCUT2D eigenvalue weighted by molar-refractivity contribution is -0.132. The standard InChI is InChI=1S/C28H25ClFNO5/c1-4-13-36-22-11-7-18(14-16(22)2)26(32)24-25(17-5-8-19(30)9-6-17)31(28(34)27(24)33)20-10-12-23(35-3)21(29)15-20/h5-12,14-15,25,32H,4,13H2,1-3H3/b26-24+. The Labute approximate surface area is 213 Å². The average Bonchev–Trinajstić information content (AvgIpc) is 3.13. The zero-order chi connectivity index (χ0) is 26.0. The molecule has 1 N–H and O–H groups in total. The number of halogens is 2. The molecule has 8 heteroatoms. The molecule has 0 spiro atoms. The van der Waals surface area contributed by atoms with Gasteiger partial charge in [0.1, 0.15) is 23.1 Å². The number of methoxy groups -OCH3 is 1. The number of Topliss-reactive ketones (excluding diaryl/α,β-unsaturated/α-hetero) is 1. The summed E-state index contributed by atoms with van der Waals surface area (Å²) in [5.74, 6) is -1.45. The van der Waals surface area contributed by atoms with Gasteiger partial charge in [0.05, 0.1) is 30.4 Å². The van der Waals surface area contributed by atoms with E-state index >= 15 is 0 Å². The third kappa shape index (κ3) is 4.66. The van der Waals surface area contributed by atoms with Gasteiger partial charge in [-0.05, 0) is 73.0 Å². The van der Waals surface area contributed by atoms with Crippen molar-refractivity contribution >= 4 is 34.7 Å². The summed E-state index contributed by atoms with van der Waals surface area (Å²) in [6.45, 7) is 4.38. The molecule has 0 radical (unpaired) electrons. The Hall–Kier alpha value is -3.84. The molecule has 0 aliphatic carbocycles. The Bertz CT molecular complexity index is 1350. The Kier molecular flexibility index (Phi) is 7.31. The number of nitrogens with zero attached hydrogens (tertiary/aromatic N) is 1. The number of ether oxygens (including phenoxy) is 2. The number of aliphatic hydroxyl groups excluding tert-OH is 1. The van der Waals surface area contributed by atoms with E-state index in [9.17, 15) is 19.1 Å². The topological polar surface area (TPSA) is 76.1 Å². The van der Waals surface area contributed by atoms with E-state index in [2.05, 4.69) is 0 Å². The highest BCUT2D eigenvalue weighted by Crippen LogP contribution is 2.43. The molecule has 3 aromatic rings. The predicted molar refractivity (Wildman–Crippen MR) is 136 cm³/mol. The first kappa shape index (κ1) is 25.3. The minimum Gasteiger partial charge on any atom is -0.507 e. The molecular weight excluding hydrogens is 485 g/mol. The van der Waals surface area contributed by atoms with Gasteiger partial charge >= 0.3 is 0 Å². The maximum atomic E-state index is 13.7. The highest BCUT2D eigenvalue weighted by molar-refractivity contribution is 6.51. The lowest BCUT2D eigenvalue weighted by Crippen LogP contribution is -2.29. The predicted octanol–water partition coefficient (Wildman–Crippen LogP) is 6.21. The monoisotopic (exact) mass is 509 g/mol. The van der Waals surface area contributed by atoms with Gasteiger partial charge in [-0.2, -0.15) is 0 Å². The van der Waals surface area contributed by atoms with Gasteiger partial charge in [-0.1, -0.05) is 30.7 Å². The summed E-state index contributed by atoms with van der Waals surface area (Å²) in [5.41, 5.74) is 1.79. The molecule has 4 rings (SSSR count). The molecule has 0 saturated carbocycles. The Balaban J connectivity index is 1.88. The third-order valence-corrected chi connectivity index (χ3v) is 6.25. The third-order valence-electron chi connectivity index (χ3n) is 5.95. The zero-order valence-electron chi connectivity index (χ0n) is 20.0. The van der Waals surface area contributed by atoms with Crippen LogP contribution in [0.1, 0.15) is 36.1 Å². The van der Waals surface area contributed by atoms with Crippen molar-refractivity contribution < 1.29 is 28.6 Å². The van der Waals surface area contributed by atoms with E-state index in [0.717, 1.165) is 12.0 Å².